The van der Waals surface area contributed by atoms with Gasteiger partial charge in [0.25, 0.3) is 5.91 Å². The van der Waals surface area contributed by atoms with Crippen molar-refractivity contribution in [2.45, 2.75) is 44.7 Å². The van der Waals surface area contributed by atoms with Crippen molar-refractivity contribution < 1.29 is 9.59 Å². The molecule has 1 fully saturated rings. The number of carbonyl (C=O) groups is 2. The molecule has 1 aromatic carbocycles. The summed E-state index contributed by atoms with van der Waals surface area (Å²) in [5, 5.41) is 4.13. The van der Waals surface area contributed by atoms with Gasteiger partial charge in [0.2, 0.25) is 5.91 Å². The molecule has 0 radical (unpaired) electrons. The molecule has 0 spiro atoms. The summed E-state index contributed by atoms with van der Waals surface area (Å²) >= 11 is 0. The Labute approximate surface area is 169 Å². The summed E-state index contributed by atoms with van der Waals surface area (Å²) in [4.78, 5) is 38.2. The van der Waals surface area contributed by atoms with Crippen LogP contribution in [0.2, 0.25) is 0 Å². The fraction of sp³-hybridized carbons (Fsp3) is 0.364. The molecule has 7 nitrogen and oxygen atoms in total. The van der Waals surface area contributed by atoms with Crippen LogP contribution in [0.1, 0.15) is 43.1 Å². The van der Waals surface area contributed by atoms with Crippen LogP contribution in [0.25, 0.3) is 22.2 Å². The van der Waals surface area contributed by atoms with Gasteiger partial charge in [-0.3, -0.25) is 14.6 Å². The molecule has 0 aliphatic heterocycles. The largest absolute Gasteiger partial charge is 0.361 e. The molecule has 0 saturated heterocycles. The van der Waals surface area contributed by atoms with Crippen molar-refractivity contribution in [3.8, 4) is 11.3 Å². The Morgan fingerprint density at radius 3 is 2.83 bits per heavy atom. The number of carbonyl (C=O) groups excluding carboxylic acids is 2. The van der Waals surface area contributed by atoms with Crippen LogP contribution in [0.5, 0.6) is 0 Å². The number of nitrogens with one attached hydrogen (secondary N) is 2. The van der Waals surface area contributed by atoms with E-state index < -0.39 is 0 Å². The van der Waals surface area contributed by atoms with E-state index in [-0.39, 0.29) is 23.9 Å². The zero-order valence-electron chi connectivity index (χ0n) is 16.7. The lowest BCUT2D eigenvalue weighted by Gasteiger charge is -2.24. The third-order valence-corrected chi connectivity index (χ3v) is 5.68. The number of hydrogen-bond donors (Lipinski definition) is 2. The van der Waals surface area contributed by atoms with Gasteiger partial charge >= 0.3 is 0 Å². The van der Waals surface area contributed by atoms with Gasteiger partial charge in [-0.1, -0.05) is 13.0 Å². The van der Waals surface area contributed by atoms with Gasteiger partial charge in [-0.25, -0.2) is 4.98 Å². The van der Waals surface area contributed by atoms with Crippen LogP contribution < -0.4 is 5.32 Å². The molecule has 2 atom stereocenters. The monoisotopic (exact) mass is 391 g/mol. The standard InChI is InChI=1S/C22H25N5O2/c1-3-21(28)26-16-5-6-17(11-16)27(2)22(29)20-13-24-19(12-25-20)14-4-7-18-15(10-14)8-9-23-18/h4,7-10,12-13,16-17,23H,3,5-6,11H2,1-2H3,(H,26,28)/t16-,17+/m0/s1. The van der Waals surface area contributed by atoms with E-state index in [1.165, 1.54) is 0 Å². The predicted molar refractivity (Wildman–Crippen MR) is 111 cm³/mol. The Kier molecular flexibility index (Phi) is 5.29. The van der Waals surface area contributed by atoms with Crippen molar-refractivity contribution in [2.75, 3.05) is 7.05 Å². The molecule has 2 amide bonds. The second kappa shape index (κ2) is 8.03. The molecule has 150 valence electrons. The Bertz CT molecular complexity index is 1030. The van der Waals surface area contributed by atoms with Crippen molar-refractivity contribution in [2.24, 2.45) is 0 Å². The van der Waals surface area contributed by atoms with Gasteiger partial charge in [-0.15, -0.1) is 0 Å². The minimum atomic E-state index is -0.141. The van der Waals surface area contributed by atoms with E-state index >= 15 is 0 Å². The first-order chi connectivity index (χ1) is 14.0. The average molecular weight is 391 g/mol. The molecular weight excluding hydrogens is 366 g/mol. The van der Waals surface area contributed by atoms with E-state index in [9.17, 15) is 9.59 Å². The van der Waals surface area contributed by atoms with Crippen LogP contribution in [0.15, 0.2) is 42.9 Å². The SMILES string of the molecule is CCC(=O)N[C@H]1CC[C@@H](N(C)C(=O)c2cnc(-c3ccc4[nH]ccc4c3)cn2)C1. The van der Waals surface area contributed by atoms with E-state index in [4.69, 9.17) is 0 Å². The summed E-state index contributed by atoms with van der Waals surface area (Å²) in [5.41, 5.74) is 3.10. The van der Waals surface area contributed by atoms with Gasteiger partial charge in [-0.2, -0.15) is 0 Å². The predicted octanol–water partition coefficient (Wildman–Crippen LogP) is 3.14. The zero-order chi connectivity index (χ0) is 20.4. The maximum atomic E-state index is 12.8. The van der Waals surface area contributed by atoms with Crippen LogP contribution in [0.3, 0.4) is 0 Å². The van der Waals surface area contributed by atoms with Gasteiger partial charge in [0, 0.05) is 48.2 Å². The molecule has 4 rings (SSSR count). The first-order valence-corrected chi connectivity index (χ1v) is 10.0. The van der Waals surface area contributed by atoms with E-state index in [2.05, 4.69) is 20.3 Å². The van der Waals surface area contributed by atoms with Gasteiger partial charge < -0.3 is 15.2 Å². The van der Waals surface area contributed by atoms with Gasteiger partial charge in [0.05, 0.1) is 18.1 Å². The topological polar surface area (TPSA) is 91.0 Å². The fourth-order valence-corrected chi connectivity index (χ4v) is 3.92. The van der Waals surface area contributed by atoms with E-state index in [0.29, 0.717) is 12.1 Å². The number of benzene rings is 1. The fourth-order valence-electron chi connectivity index (χ4n) is 3.92. The summed E-state index contributed by atoms with van der Waals surface area (Å²) in [6.45, 7) is 1.84. The maximum absolute atomic E-state index is 12.8. The lowest BCUT2D eigenvalue weighted by molar-refractivity contribution is -0.121. The van der Waals surface area contributed by atoms with Gasteiger partial charge in [0.15, 0.2) is 0 Å². The molecular formula is C22H25N5O2. The number of fused-ring (bicyclic) bond motifs is 1. The highest BCUT2D eigenvalue weighted by atomic mass is 16.2. The number of rotatable bonds is 5. The average Bonchev–Trinajstić information content (AvgIpc) is 3.41. The molecule has 7 heteroatoms. The molecule has 2 N–H and O–H groups in total. The number of hydrogen-bond acceptors (Lipinski definition) is 4. The minimum Gasteiger partial charge on any atom is -0.361 e. The number of amides is 2. The molecule has 0 bridgehead atoms. The summed E-state index contributed by atoms with van der Waals surface area (Å²) in [6.07, 6.45) is 8.11. The molecule has 2 aromatic heterocycles. The van der Waals surface area contributed by atoms with Crippen molar-refractivity contribution in [1.82, 2.24) is 25.2 Å². The summed E-state index contributed by atoms with van der Waals surface area (Å²) < 4.78 is 0. The van der Waals surface area contributed by atoms with E-state index in [1.807, 2.05) is 37.4 Å². The number of aromatic nitrogens is 3. The summed E-state index contributed by atoms with van der Waals surface area (Å²) in [7, 11) is 1.80. The van der Waals surface area contributed by atoms with Gasteiger partial charge in [0.1, 0.15) is 5.69 Å². The van der Waals surface area contributed by atoms with Crippen molar-refractivity contribution >= 4 is 22.7 Å². The molecule has 29 heavy (non-hydrogen) atoms. The lowest BCUT2D eigenvalue weighted by atomic mass is 10.1. The third kappa shape index (κ3) is 3.99. The van der Waals surface area contributed by atoms with Crippen LogP contribution in [0.4, 0.5) is 0 Å². The third-order valence-electron chi connectivity index (χ3n) is 5.68. The molecule has 2 heterocycles. The molecule has 3 aromatic rings. The number of H-pyrrole nitrogens is 1. The number of aromatic amines is 1. The summed E-state index contributed by atoms with van der Waals surface area (Å²) in [6, 6.07) is 8.29. The highest BCUT2D eigenvalue weighted by molar-refractivity contribution is 5.92. The minimum absolute atomic E-state index is 0.0592. The number of nitrogens with zero attached hydrogens (tertiary/aromatic N) is 3. The zero-order valence-corrected chi connectivity index (χ0v) is 16.7. The Hall–Kier alpha value is -3.22. The lowest BCUT2D eigenvalue weighted by Crippen LogP contribution is -2.38. The van der Waals surface area contributed by atoms with Crippen LogP contribution in [0, 0.1) is 0 Å². The molecule has 1 aliphatic rings. The van der Waals surface area contributed by atoms with E-state index in [0.717, 1.165) is 41.4 Å². The van der Waals surface area contributed by atoms with Crippen molar-refractivity contribution in [3.63, 3.8) is 0 Å². The normalized spacial score (nSPS) is 18.7. The first-order valence-electron chi connectivity index (χ1n) is 10.0. The highest BCUT2D eigenvalue weighted by Gasteiger charge is 2.31. The molecule has 1 aliphatic carbocycles. The molecule has 0 unspecified atom stereocenters. The smallest absolute Gasteiger partial charge is 0.274 e. The highest BCUT2D eigenvalue weighted by Crippen LogP contribution is 2.25. The quantitative estimate of drug-likeness (QED) is 0.699. The van der Waals surface area contributed by atoms with E-state index in [1.54, 1.807) is 24.3 Å². The second-order valence-electron chi connectivity index (χ2n) is 7.57. The Morgan fingerprint density at radius 1 is 1.21 bits per heavy atom. The molecule has 1 saturated carbocycles. The first kappa shape index (κ1) is 19.1. The van der Waals surface area contributed by atoms with Crippen LogP contribution >= 0.6 is 0 Å². The summed E-state index contributed by atoms with van der Waals surface area (Å²) in [5.74, 6) is -0.0819. The maximum Gasteiger partial charge on any atom is 0.274 e. The Balaban J connectivity index is 1.43. The van der Waals surface area contributed by atoms with Crippen molar-refractivity contribution in [3.05, 3.63) is 48.5 Å². The van der Waals surface area contributed by atoms with Crippen molar-refractivity contribution in [1.29, 1.82) is 0 Å². The van der Waals surface area contributed by atoms with Crippen LogP contribution in [-0.2, 0) is 4.79 Å². The Morgan fingerprint density at radius 2 is 2.07 bits per heavy atom. The van der Waals surface area contributed by atoms with Crippen LogP contribution in [-0.4, -0.2) is 50.8 Å². The van der Waals surface area contributed by atoms with Gasteiger partial charge in [-0.05, 0) is 37.5 Å². The second-order valence-corrected chi connectivity index (χ2v) is 7.57.